The predicted octanol–water partition coefficient (Wildman–Crippen LogP) is 2.94. The Morgan fingerprint density at radius 3 is 2.80 bits per heavy atom. The van der Waals surface area contributed by atoms with E-state index in [1.54, 1.807) is 6.33 Å². The molecule has 1 saturated carbocycles. The summed E-state index contributed by atoms with van der Waals surface area (Å²) >= 11 is 1.83. The van der Waals surface area contributed by atoms with Gasteiger partial charge in [0.15, 0.2) is 5.96 Å². The highest BCUT2D eigenvalue weighted by atomic mass is 127. The Balaban J connectivity index is 0.00000312. The second kappa shape index (κ2) is 12.8. The summed E-state index contributed by atoms with van der Waals surface area (Å²) in [4.78, 5) is 4.72. The molecular weight excluding hydrogens is 447 g/mol. The van der Waals surface area contributed by atoms with E-state index in [-0.39, 0.29) is 24.0 Å². The lowest BCUT2D eigenvalue weighted by Gasteiger charge is -2.28. The minimum atomic E-state index is 0. The molecule has 1 aromatic heterocycles. The number of nitrogens with one attached hydrogen (secondary N) is 2. The topological polar surface area (TPSA) is 67.1 Å². The summed E-state index contributed by atoms with van der Waals surface area (Å²) in [6.07, 6.45) is 9.96. The molecule has 25 heavy (non-hydrogen) atoms. The van der Waals surface area contributed by atoms with Gasteiger partial charge in [-0.05, 0) is 37.9 Å². The highest BCUT2D eigenvalue weighted by Gasteiger charge is 2.18. The van der Waals surface area contributed by atoms with Crippen molar-refractivity contribution in [1.29, 1.82) is 0 Å². The third kappa shape index (κ3) is 8.15. The average Bonchev–Trinajstić information content (AvgIpc) is 3.04. The van der Waals surface area contributed by atoms with Crippen molar-refractivity contribution in [2.75, 3.05) is 25.1 Å². The van der Waals surface area contributed by atoms with Crippen LogP contribution in [0.15, 0.2) is 11.3 Å². The smallest absolute Gasteiger partial charge is 0.191 e. The minimum absolute atomic E-state index is 0. The Kier molecular flexibility index (Phi) is 11.5. The molecule has 1 heterocycles. The lowest BCUT2D eigenvalue weighted by Crippen LogP contribution is -2.45. The molecule has 2 N–H and O–H groups in total. The number of hydrogen-bond donors (Lipinski definition) is 2. The molecule has 1 aliphatic carbocycles. The molecular formula is C17H33IN6S. The molecule has 0 spiro atoms. The molecule has 1 aliphatic rings. The minimum Gasteiger partial charge on any atom is -0.355 e. The van der Waals surface area contributed by atoms with Gasteiger partial charge in [-0.1, -0.05) is 13.8 Å². The maximum atomic E-state index is 4.72. The molecule has 2 rings (SSSR count). The van der Waals surface area contributed by atoms with Crippen LogP contribution in [0.3, 0.4) is 0 Å². The van der Waals surface area contributed by atoms with Gasteiger partial charge in [-0.15, -0.1) is 34.2 Å². The normalized spacial score (nSPS) is 20.8. The Hall–Kier alpha value is -0.510. The van der Waals surface area contributed by atoms with Crippen LogP contribution in [-0.2, 0) is 13.0 Å². The van der Waals surface area contributed by atoms with E-state index in [4.69, 9.17) is 4.99 Å². The van der Waals surface area contributed by atoms with E-state index in [1.807, 2.05) is 11.8 Å². The van der Waals surface area contributed by atoms with E-state index in [9.17, 15) is 0 Å². The molecule has 1 aromatic rings. The van der Waals surface area contributed by atoms with Crippen molar-refractivity contribution in [3.8, 4) is 0 Å². The largest absolute Gasteiger partial charge is 0.355 e. The van der Waals surface area contributed by atoms with E-state index >= 15 is 0 Å². The first kappa shape index (κ1) is 22.5. The molecule has 144 valence electrons. The Morgan fingerprint density at radius 2 is 2.12 bits per heavy atom. The van der Waals surface area contributed by atoms with Gasteiger partial charge in [0.25, 0.3) is 0 Å². The molecule has 0 aromatic carbocycles. The number of aliphatic imine (C=N–C) groups is 1. The zero-order valence-corrected chi connectivity index (χ0v) is 18.8. The number of halogens is 1. The first-order valence-electron chi connectivity index (χ1n) is 9.13. The van der Waals surface area contributed by atoms with Crippen LogP contribution in [0.5, 0.6) is 0 Å². The van der Waals surface area contributed by atoms with Crippen LogP contribution in [0.4, 0.5) is 0 Å². The quantitative estimate of drug-likeness (QED) is 0.259. The number of aromatic nitrogens is 3. The average molecular weight is 480 g/mol. The molecule has 0 bridgehead atoms. The fourth-order valence-electron chi connectivity index (χ4n) is 3.03. The van der Waals surface area contributed by atoms with Crippen LogP contribution in [-0.4, -0.2) is 51.9 Å². The molecule has 0 aliphatic heterocycles. The second-order valence-corrected chi connectivity index (χ2v) is 7.53. The van der Waals surface area contributed by atoms with Gasteiger partial charge in [-0.25, -0.2) is 0 Å². The molecule has 8 heteroatoms. The number of aryl methyl sites for hydroxylation is 1. The van der Waals surface area contributed by atoms with Crippen LogP contribution in [0.25, 0.3) is 0 Å². The Morgan fingerprint density at radius 1 is 1.36 bits per heavy atom. The maximum absolute atomic E-state index is 4.72. The van der Waals surface area contributed by atoms with Gasteiger partial charge in [0, 0.05) is 31.3 Å². The lowest BCUT2D eigenvalue weighted by atomic mass is 9.87. The van der Waals surface area contributed by atoms with Crippen molar-refractivity contribution in [3.63, 3.8) is 0 Å². The standard InChI is InChI=1S/C17H32N6S.HI/c1-4-16-22-20-13-23(16)11-9-18-17(19-10-12-24-3)21-15-7-5-14(2)6-8-15;/h13-15H,4-12H2,1-3H3,(H2,18,19,21);1H. The van der Waals surface area contributed by atoms with Crippen LogP contribution < -0.4 is 10.6 Å². The van der Waals surface area contributed by atoms with Crippen molar-refractivity contribution in [1.82, 2.24) is 25.4 Å². The van der Waals surface area contributed by atoms with Gasteiger partial charge in [0.2, 0.25) is 0 Å². The van der Waals surface area contributed by atoms with E-state index in [0.717, 1.165) is 49.5 Å². The summed E-state index contributed by atoms with van der Waals surface area (Å²) in [5, 5.41) is 15.2. The molecule has 0 atom stereocenters. The van der Waals surface area contributed by atoms with Gasteiger partial charge in [0.1, 0.15) is 12.2 Å². The van der Waals surface area contributed by atoms with Gasteiger partial charge in [-0.2, -0.15) is 11.8 Å². The van der Waals surface area contributed by atoms with Gasteiger partial charge in [0.05, 0.1) is 6.54 Å². The number of guanidine groups is 1. The zero-order valence-electron chi connectivity index (χ0n) is 15.7. The predicted molar refractivity (Wildman–Crippen MR) is 118 cm³/mol. The second-order valence-electron chi connectivity index (χ2n) is 6.55. The monoisotopic (exact) mass is 480 g/mol. The highest BCUT2D eigenvalue weighted by Crippen LogP contribution is 2.23. The summed E-state index contributed by atoms with van der Waals surface area (Å²) in [5.74, 6) is 3.91. The highest BCUT2D eigenvalue weighted by molar-refractivity contribution is 14.0. The van der Waals surface area contributed by atoms with E-state index in [1.165, 1.54) is 25.7 Å². The number of nitrogens with zero attached hydrogens (tertiary/aromatic N) is 4. The van der Waals surface area contributed by atoms with Crippen molar-refractivity contribution in [2.45, 2.75) is 58.5 Å². The van der Waals surface area contributed by atoms with E-state index in [2.05, 4.69) is 45.5 Å². The van der Waals surface area contributed by atoms with E-state index < -0.39 is 0 Å². The summed E-state index contributed by atoms with van der Waals surface area (Å²) in [6, 6.07) is 0.558. The number of rotatable bonds is 8. The first-order chi connectivity index (χ1) is 11.7. The summed E-state index contributed by atoms with van der Waals surface area (Å²) in [7, 11) is 0. The zero-order chi connectivity index (χ0) is 17.2. The fraction of sp³-hybridized carbons (Fsp3) is 0.824. The lowest BCUT2D eigenvalue weighted by molar-refractivity contribution is 0.329. The van der Waals surface area contributed by atoms with Gasteiger partial charge >= 0.3 is 0 Å². The number of hydrogen-bond acceptors (Lipinski definition) is 4. The third-order valence-electron chi connectivity index (χ3n) is 4.58. The first-order valence-corrected chi connectivity index (χ1v) is 10.5. The molecule has 0 amide bonds. The van der Waals surface area contributed by atoms with E-state index in [0.29, 0.717) is 6.04 Å². The van der Waals surface area contributed by atoms with Crippen LogP contribution in [0, 0.1) is 5.92 Å². The van der Waals surface area contributed by atoms with Crippen LogP contribution in [0.2, 0.25) is 0 Å². The van der Waals surface area contributed by atoms with Crippen molar-refractivity contribution < 1.29 is 0 Å². The third-order valence-corrected chi connectivity index (χ3v) is 5.17. The molecule has 6 nitrogen and oxygen atoms in total. The van der Waals surface area contributed by atoms with Crippen molar-refractivity contribution in [2.24, 2.45) is 10.9 Å². The SMILES string of the molecule is CCc1nncn1CCNC(=NCCSC)NC1CCC(C)CC1.I. The fourth-order valence-corrected chi connectivity index (χ4v) is 3.31. The molecule has 1 fully saturated rings. The summed E-state index contributed by atoms with van der Waals surface area (Å²) in [6.45, 7) is 7.01. The van der Waals surface area contributed by atoms with Crippen LogP contribution >= 0.6 is 35.7 Å². The molecule has 0 saturated heterocycles. The van der Waals surface area contributed by atoms with Gasteiger partial charge in [-0.3, -0.25) is 4.99 Å². The van der Waals surface area contributed by atoms with Crippen molar-refractivity contribution >= 4 is 41.7 Å². The maximum Gasteiger partial charge on any atom is 0.191 e. The molecule has 0 unspecified atom stereocenters. The number of thioether (sulfide) groups is 1. The van der Waals surface area contributed by atoms with Crippen molar-refractivity contribution in [3.05, 3.63) is 12.2 Å². The summed E-state index contributed by atoms with van der Waals surface area (Å²) < 4.78 is 2.11. The van der Waals surface area contributed by atoms with Crippen LogP contribution in [0.1, 0.15) is 45.4 Å². The summed E-state index contributed by atoms with van der Waals surface area (Å²) in [5.41, 5.74) is 0. The Bertz CT molecular complexity index is 499. The molecule has 0 radical (unpaired) electrons. The van der Waals surface area contributed by atoms with Gasteiger partial charge < -0.3 is 15.2 Å². The Labute approximate surface area is 173 Å².